The van der Waals surface area contributed by atoms with Crippen LogP contribution in [0.25, 0.3) is 0 Å². The molecule has 0 bridgehead atoms. The molecule has 34 heavy (non-hydrogen) atoms. The summed E-state index contributed by atoms with van der Waals surface area (Å²) in [6.45, 7) is 9.11. The maximum absolute atomic E-state index is 13.2. The Hall–Kier alpha value is -3.35. The Morgan fingerprint density at radius 2 is 1.50 bits per heavy atom. The second-order valence-corrected chi connectivity index (χ2v) is 9.48. The Morgan fingerprint density at radius 3 is 2.09 bits per heavy atom. The molecule has 2 aromatic carbocycles. The Balaban J connectivity index is 1.65. The van der Waals surface area contributed by atoms with Crippen molar-refractivity contribution in [1.29, 1.82) is 0 Å². The van der Waals surface area contributed by atoms with E-state index in [0.717, 1.165) is 11.3 Å². The number of benzene rings is 2. The van der Waals surface area contributed by atoms with Crippen molar-refractivity contribution in [2.75, 3.05) is 18.4 Å². The molecule has 7 nitrogen and oxygen atoms in total. The number of anilines is 1. The van der Waals surface area contributed by atoms with E-state index in [0.29, 0.717) is 31.5 Å². The molecular weight excluding hydrogens is 428 g/mol. The normalized spacial score (nSPS) is 16.0. The van der Waals surface area contributed by atoms with E-state index in [9.17, 15) is 14.4 Å². The number of carbonyl (C=O) groups is 3. The number of hydrogen-bond donors (Lipinski definition) is 3. The summed E-state index contributed by atoms with van der Waals surface area (Å²) < 4.78 is 0. The van der Waals surface area contributed by atoms with Gasteiger partial charge in [-0.1, -0.05) is 49.7 Å². The van der Waals surface area contributed by atoms with Gasteiger partial charge in [-0.15, -0.1) is 0 Å². The number of nitrogens with one attached hydrogen (secondary N) is 3. The lowest BCUT2D eigenvalue weighted by Gasteiger charge is -2.36. The van der Waals surface area contributed by atoms with Crippen LogP contribution in [-0.4, -0.2) is 47.9 Å². The van der Waals surface area contributed by atoms with E-state index in [1.807, 2.05) is 58.0 Å². The molecule has 4 amide bonds. The van der Waals surface area contributed by atoms with Crippen molar-refractivity contribution < 1.29 is 14.4 Å². The van der Waals surface area contributed by atoms with Gasteiger partial charge in [-0.3, -0.25) is 9.59 Å². The van der Waals surface area contributed by atoms with Gasteiger partial charge >= 0.3 is 6.03 Å². The highest BCUT2D eigenvalue weighted by Gasteiger charge is 2.34. The number of rotatable bonds is 7. The molecule has 3 N–H and O–H groups in total. The lowest BCUT2D eigenvalue weighted by atomic mass is 9.88. The maximum Gasteiger partial charge on any atom is 0.321 e. The van der Waals surface area contributed by atoms with E-state index in [4.69, 9.17) is 0 Å². The highest BCUT2D eigenvalue weighted by Crippen LogP contribution is 2.23. The zero-order valence-corrected chi connectivity index (χ0v) is 20.5. The monoisotopic (exact) mass is 464 g/mol. The highest BCUT2D eigenvalue weighted by atomic mass is 16.2. The summed E-state index contributed by atoms with van der Waals surface area (Å²) in [5.41, 5.74) is 2.41. The molecule has 0 aromatic heterocycles. The first-order valence-electron chi connectivity index (χ1n) is 12.0. The van der Waals surface area contributed by atoms with Gasteiger partial charge in [0.2, 0.25) is 5.91 Å². The average molecular weight is 465 g/mol. The third-order valence-corrected chi connectivity index (χ3v) is 6.58. The quantitative estimate of drug-likeness (QED) is 0.574. The Labute approximate surface area is 202 Å². The summed E-state index contributed by atoms with van der Waals surface area (Å²) in [5.74, 6) is -0.220. The summed E-state index contributed by atoms with van der Waals surface area (Å²) >= 11 is 0. The van der Waals surface area contributed by atoms with Crippen molar-refractivity contribution in [1.82, 2.24) is 15.5 Å². The maximum atomic E-state index is 13.2. The van der Waals surface area contributed by atoms with E-state index >= 15 is 0 Å². The molecule has 1 aliphatic rings. The Bertz CT molecular complexity index is 967. The number of hydrogen-bond acceptors (Lipinski definition) is 3. The predicted molar refractivity (Wildman–Crippen MR) is 135 cm³/mol. The van der Waals surface area contributed by atoms with Crippen LogP contribution in [0.5, 0.6) is 0 Å². The number of carbonyl (C=O) groups excluding carboxylic acids is 3. The Kier molecular flexibility index (Phi) is 8.68. The fourth-order valence-corrected chi connectivity index (χ4v) is 3.97. The van der Waals surface area contributed by atoms with Crippen LogP contribution in [0, 0.1) is 18.8 Å². The first kappa shape index (κ1) is 25.3. The van der Waals surface area contributed by atoms with Gasteiger partial charge in [-0.2, -0.15) is 0 Å². The van der Waals surface area contributed by atoms with E-state index in [2.05, 4.69) is 16.0 Å². The van der Waals surface area contributed by atoms with Crippen molar-refractivity contribution in [3.63, 3.8) is 0 Å². The smallest absolute Gasteiger partial charge is 0.321 e. The van der Waals surface area contributed by atoms with Crippen LogP contribution >= 0.6 is 0 Å². The number of nitrogens with zero attached hydrogens (tertiary/aromatic N) is 1. The number of likely N-dealkylation sites (tertiary alicyclic amines) is 1. The third kappa shape index (κ3) is 6.83. The molecule has 3 rings (SSSR count). The van der Waals surface area contributed by atoms with Crippen LogP contribution in [-0.2, 0) is 4.79 Å². The zero-order valence-electron chi connectivity index (χ0n) is 20.5. The summed E-state index contributed by atoms with van der Waals surface area (Å²) in [5, 5.41) is 8.96. The van der Waals surface area contributed by atoms with Crippen LogP contribution in [0.3, 0.4) is 0 Å². The molecule has 1 heterocycles. The van der Waals surface area contributed by atoms with Crippen molar-refractivity contribution in [2.24, 2.45) is 11.8 Å². The molecule has 182 valence electrons. The van der Waals surface area contributed by atoms with Crippen molar-refractivity contribution in [3.8, 4) is 0 Å². The Morgan fingerprint density at radius 1 is 0.882 bits per heavy atom. The van der Waals surface area contributed by atoms with Gasteiger partial charge in [-0.25, -0.2) is 4.79 Å². The summed E-state index contributed by atoms with van der Waals surface area (Å²) in [6.07, 6.45) is 1.26. The molecule has 0 saturated carbocycles. The van der Waals surface area contributed by atoms with Crippen molar-refractivity contribution in [2.45, 2.75) is 52.6 Å². The SMILES string of the molecule is Cc1ccc(NC(=O)N2CCC([C@@H](NC(=O)c3ccccc3)C(=O)N[C@@H](C)C(C)C)CC2)cc1. The minimum absolute atomic E-state index is 0.0102. The van der Waals surface area contributed by atoms with Gasteiger partial charge < -0.3 is 20.9 Å². The topological polar surface area (TPSA) is 90.5 Å². The van der Waals surface area contributed by atoms with Crippen LogP contribution in [0.2, 0.25) is 0 Å². The lowest BCUT2D eigenvalue weighted by Crippen LogP contribution is -2.55. The van der Waals surface area contributed by atoms with E-state index < -0.39 is 6.04 Å². The van der Waals surface area contributed by atoms with E-state index in [-0.39, 0.29) is 35.7 Å². The first-order chi connectivity index (χ1) is 16.2. The molecule has 1 fully saturated rings. The molecule has 0 unspecified atom stereocenters. The largest absolute Gasteiger partial charge is 0.352 e. The fraction of sp³-hybridized carbons (Fsp3) is 0.444. The van der Waals surface area contributed by atoms with Crippen LogP contribution in [0.4, 0.5) is 10.5 Å². The summed E-state index contributed by atoms with van der Waals surface area (Å²) in [4.78, 5) is 40.5. The second-order valence-electron chi connectivity index (χ2n) is 9.48. The summed E-state index contributed by atoms with van der Waals surface area (Å²) in [6, 6.07) is 15.8. The van der Waals surface area contributed by atoms with Crippen LogP contribution < -0.4 is 16.0 Å². The minimum atomic E-state index is -0.656. The van der Waals surface area contributed by atoms with E-state index in [1.54, 1.807) is 29.2 Å². The lowest BCUT2D eigenvalue weighted by molar-refractivity contribution is -0.125. The van der Waals surface area contributed by atoms with Crippen molar-refractivity contribution in [3.05, 3.63) is 65.7 Å². The van der Waals surface area contributed by atoms with Gasteiger partial charge in [0.1, 0.15) is 6.04 Å². The standard InChI is InChI=1S/C27H36N4O3/c1-18(2)20(4)28-26(33)24(30-25(32)22-8-6-5-7-9-22)21-14-16-31(17-15-21)27(34)29-23-12-10-19(3)11-13-23/h5-13,18,20-21,24H,14-17H2,1-4H3,(H,28,33)(H,29,34)(H,30,32)/t20-,24+/m0/s1. The highest BCUT2D eigenvalue weighted by molar-refractivity contribution is 5.97. The van der Waals surface area contributed by atoms with Crippen LogP contribution in [0.1, 0.15) is 49.5 Å². The first-order valence-corrected chi connectivity index (χ1v) is 12.0. The van der Waals surface area contributed by atoms with Gasteiger partial charge in [0.25, 0.3) is 5.91 Å². The summed E-state index contributed by atoms with van der Waals surface area (Å²) in [7, 11) is 0. The van der Waals surface area contributed by atoms with Gasteiger partial charge in [0, 0.05) is 30.4 Å². The second kappa shape index (κ2) is 11.7. The number of piperidine rings is 1. The molecule has 0 aliphatic carbocycles. The average Bonchev–Trinajstić information content (AvgIpc) is 2.84. The minimum Gasteiger partial charge on any atom is -0.352 e. The molecule has 2 aromatic rings. The molecule has 2 atom stereocenters. The van der Waals surface area contributed by atoms with Gasteiger partial charge in [0.15, 0.2) is 0 Å². The number of urea groups is 1. The van der Waals surface area contributed by atoms with Crippen LogP contribution in [0.15, 0.2) is 54.6 Å². The molecular formula is C27H36N4O3. The molecule has 7 heteroatoms. The van der Waals surface area contributed by atoms with Gasteiger partial charge in [-0.05, 0) is 62.8 Å². The molecule has 0 spiro atoms. The molecule has 1 aliphatic heterocycles. The third-order valence-electron chi connectivity index (χ3n) is 6.58. The predicted octanol–water partition coefficient (Wildman–Crippen LogP) is 4.20. The molecule has 0 radical (unpaired) electrons. The zero-order chi connectivity index (χ0) is 24.7. The molecule has 1 saturated heterocycles. The van der Waals surface area contributed by atoms with E-state index in [1.165, 1.54) is 0 Å². The number of amides is 4. The fourth-order valence-electron chi connectivity index (χ4n) is 3.97. The van der Waals surface area contributed by atoms with Gasteiger partial charge in [0.05, 0.1) is 0 Å². The van der Waals surface area contributed by atoms with Crippen molar-refractivity contribution >= 4 is 23.5 Å². The number of aryl methyl sites for hydroxylation is 1.